The molecule has 118 valence electrons. The van der Waals surface area contributed by atoms with Gasteiger partial charge in [0.2, 0.25) is 0 Å². The molecular weight excluding hydrogens is 331 g/mol. The lowest BCUT2D eigenvalue weighted by molar-refractivity contribution is 0.758. The van der Waals surface area contributed by atoms with E-state index < -0.39 is 0 Å². The van der Waals surface area contributed by atoms with E-state index in [1.165, 1.54) is 18.5 Å². The van der Waals surface area contributed by atoms with Crippen LogP contribution in [0.15, 0.2) is 36.5 Å². The molecule has 2 aromatic heterocycles. The van der Waals surface area contributed by atoms with Crippen molar-refractivity contribution in [2.75, 3.05) is 5.32 Å². The van der Waals surface area contributed by atoms with Gasteiger partial charge in [-0.05, 0) is 55.0 Å². The van der Waals surface area contributed by atoms with Crippen molar-refractivity contribution >= 4 is 34.7 Å². The summed E-state index contributed by atoms with van der Waals surface area (Å²) in [5.74, 6) is 1.63. The Balaban J connectivity index is 1.52. The zero-order chi connectivity index (χ0) is 15.8. The molecule has 4 rings (SSSR count). The highest BCUT2D eigenvalue weighted by Gasteiger charge is 2.23. The van der Waals surface area contributed by atoms with Gasteiger partial charge in [0.25, 0.3) is 0 Å². The zero-order valence-corrected chi connectivity index (χ0v) is 14.0. The Morgan fingerprint density at radius 1 is 1.13 bits per heavy atom. The molecular formula is C17H16Cl2N4. The van der Waals surface area contributed by atoms with Gasteiger partial charge in [-0.2, -0.15) is 0 Å². The summed E-state index contributed by atoms with van der Waals surface area (Å²) in [6.07, 6.45) is 5.64. The summed E-state index contributed by atoms with van der Waals surface area (Å²) in [5, 5.41) is 9.11. The molecule has 1 saturated carbocycles. The molecule has 1 aromatic carbocycles. The molecule has 2 heterocycles. The maximum Gasteiger partial charge on any atom is 0.153 e. The average molecular weight is 347 g/mol. The summed E-state index contributed by atoms with van der Waals surface area (Å²) in [6.45, 7) is 0.641. The summed E-state index contributed by atoms with van der Waals surface area (Å²) in [7, 11) is 0. The second-order valence-electron chi connectivity index (χ2n) is 5.99. The summed E-state index contributed by atoms with van der Waals surface area (Å²) in [4.78, 5) is 4.42. The molecule has 0 amide bonds. The molecule has 0 bridgehead atoms. The van der Waals surface area contributed by atoms with Gasteiger partial charge in [0.05, 0.1) is 21.9 Å². The normalized spacial score (nSPS) is 14.3. The summed E-state index contributed by atoms with van der Waals surface area (Å²) in [5.41, 5.74) is 3.13. The highest BCUT2D eigenvalue weighted by atomic mass is 35.5. The van der Waals surface area contributed by atoms with Crippen LogP contribution in [0.3, 0.4) is 0 Å². The molecule has 0 radical (unpaired) electrons. The van der Waals surface area contributed by atoms with Crippen molar-refractivity contribution in [3.05, 3.63) is 57.8 Å². The van der Waals surface area contributed by atoms with Crippen molar-refractivity contribution in [2.24, 2.45) is 5.92 Å². The van der Waals surface area contributed by atoms with Crippen molar-refractivity contribution in [3.8, 4) is 0 Å². The van der Waals surface area contributed by atoms with Crippen LogP contribution in [0.5, 0.6) is 0 Å². The van der Waals surface area contributed by atoms with Crippen molar-refractivity contribution in [2.45, 2.75) is 25.8 Å². The number of anilines is 1. The van der Waals surface area contributed by atoms with Crippen LogP contribution >= 0.6 is 23.2 Å². The number of hydrogen-bond donors (Lipinski definition) is 1. The molecule has 0 aliphatic heterocycles. The van der Waals surface area contributed by atoms with E-state index in [-0.39, 0.29) is 0 Å². The maximum atomic E-state index is 6.05. The van der Waals surface area contributed by atoms with Crippen molar-refractivity contribution < 1.29 is 0 Å². The number of benzene rings is 1. The molecule has 4 nitrogen and oxygen atoms in total. The summed E-state index contributed by atoms with van der Waals surface area (Å²) in [6, 6.07) is 9.56. The lowest BCUT2D eigenvalue weighted by atomic mass is 10.2. The molecule has 0 unspecified atom stereocenters. The number of hydrogen-bond acceptors (Lipinski definition) is 3. The zero-order valence-electron chi connectivity index (χ0n) is 12.5. The van der Waals surface area contributed by atoms with E-state index in [9.17, 15) is 0 Å². The third-order valence-corrected chi connectivity index (χ3v) is 4.82. The third-order valence-electron chi connectivity index (χ3n) is 4.09. The van der Waals surface area contributed by atoms with E-state index in [0.717, 1.165) is 29.4 Å². The summed E-state index contributed by atoms with van der Waals surface area (Å²) < 4.78 is 1.94. The topological polar surface area (TPSA) is 42.2 Å². The lowest BCUT2D eigenvalue weighted by Crippen LogP contribution is -2.06. The number of fused-ring (bicyclic) bond motifs is 1. The van der Waals surface area contributed by atoms with Gasteiger partial charge in [0, 0.05) is 6.54 Å². The van der Waals surface area contributed by atoms with E-state index in [1.807, 2.05) is 35.0 Å². The number of nitrogens with one attached hydrogen (secondary N) is 1. The Hall–Kier alpha value is -1.78. The molecule has 0 saturated heterocycles. The number of aromatic nitrogens is 3. The first-order chi connectivity index (χ1) is 11.2. The van der Waals surface area contributed by atoms with Crippen LogP contribution in [0.2, 0.25) is 10.0 Å². The standard InChI is InChI=1S/C17H16Cl2N4/c18-14-4-3-12(8-15(14)19)9-20-16-5-6-17-21-10-13(23(17)22-16)7-11-1-2-11/h3-6,8,10-11H,1-2,7,9H2,(H,20,22). The number of imidazole rings is 1. The number of nitrogens with zero attached hydrogens (tertiary/aromatic N) is 3. The van der Waals surface area contributed by atoms with Gasteiger partial charge in [0.15, 0.2) is 5.65 Å². The predicted octanol–water partition coefficient (Wildman–Crippen LogP) is 4.60. The molecule has 1 N–H and O–H groups in total. The van der Waals surface area contributed by atoms with Gasteiger partial charge in [-0.15, -0.1) is 5.10 Å². The van der Waals surface area contributed by atoms with E-state index in [4.69, 9.17) is 23.2 Å². The molecule has 0 atom stereocenters. The van der Waals surface area contributed by atoms with Crippen LogP contribution in [0.25, 0.3) is 5.65 Å². The first-order valence-corrected chi connectivity index (χ1v) is 8.46. The fourth-order valence-corrected chi connectivity index (χ4v) is 2.93. The molecule has 0 spiro atoms. The van der Waals surface area contributed by atoms with Gasteiger partial charge in [0.1, 0.15) is 5.82 Å². The van der Waals surface area contributed by atoms with E-state index >= 15 is 0 Å². The molecule has 1 aliphatic carbocycles. The highest BCUT2D eigenvalue weighted by molar-refractivity contribution is 6.42. The Bertz CT molecular complexity index is 855. The van der Waals surface area contributed by atoms with Crippen molar-refractivity contribution in [1.82, 2.24) is 14.6 Å². The minimum Gasteiger partial charge on any atom is -0.365 e. The number of rotatable bonds is 5. The molecule has 23 heavy (non-hydrogen) atoms. The van der Waals surface area contributed by atoms with Crippen LogP contribution in [0, 0.1) is 5.92 Å². The van der Waals surface area contributed by atoms with Gasteiger partial charge < -0.3 is 5.32 Å². The van der Waals surface area contributed by atoms with Gasteiger partial charge in [-0.1, -0.05) is 29.3 Å². The highest BCUT2D eigenvalue weighted by Crippen LogP contribution is 2.32. The predicted molar refractivity (Wildman–Crippen MR) is 93.2 cm³/mol. The SMILES string of the molecule is Clc1ccc(CNc2ccc3ncc(CC4CC4)n3n2)cc1Cl. The van der Waals surface area contributed by atoms with Gasteiger partial charge in [-0.25, -0.2) is 9.50 Å². The first kappa shape index (κ1) is 14.8. The molecule has 1 fully saturated rings. The fraction of sp³-hybridized carbons (Fsp3) is 0.294. The summed E-state index contributed by atoms with van der Waals surface area (Å²) >= 11 is 12.0. The minimum absolute atomic E-state index is 0.565. The first-order valence-electron chi connectivity index (χ1n) is 7.70. The second-order valence-corrected chi connectivity index (χ2v) is 6.80. The smallest absolute Gasteiger partial charge is 0.153 e. The van der Waals surface area contributed by atoms with E-state index in [1.54, 1.807) is 6.07 Å². The fourth-order valence-electron chi connectivity index (χ4n) is 2.61. The minimum atomic E-state index is 0.565. The molecule has 1 aliphatic rings. The quantitative estimate of drug-likeness (QED) is 0.733. The van der Waals surface area contributed by atoms with Crippen LogP contribution in [-0.2, 0) is 13.0 Å². The van der Waals surface area contributed by atoms with E-state index in [0.29, 0.717) is 16.6 Å². The third kappa shape index (κ3) is 3.28. The Morgan fingerprint density at radius 2 is 2.00 bits per heavy atom. The number of halogens is 2. The largest absolute Gasteiger partial charge is 0.365 e. The van der Waals surface area contributed by atoms with Crippen LogP contribution in [-0.4, -0.2) is 14.6 Å². The Kier molecular flexibility index (Phi) is 3.87. The molecule has 3 aromatic rings. The van der Waals surface area contributed by atoms with Crippen molar-refractivity contribution in [3.63, 3.8) is 0 Å². The molecule has 6 heteroatoms. The van der Waals surface area contributed by atoms with Gasteiger partial charge >= 0.3 is 0 Å². The average Bonchev–Trinajstić information content (AvgIpc) is 3.28. The van der Waals surface area contributed by atoms with Crippen molar-refractivity contribution in [1.29, 1.82) is 0 Å². The van der Waals surface area contributed by atoms with Crippen LogP contribution < -0.4 is 5.32 Å². The van der Waals surface area contributed by atoms with Crippen LogP contribution in [0.1, 0.15) is 24.1 Å². The maximum absolute atomic E-state index is 6.05. The van der Waals surface area contributed by atoms with E-state index in [2.05, 4.69) is 15.4 Å². The monoisotopic (exact) mass is 346 g/mol. The van der Waals surface area contributed by atoms with Crippen LogP contribution in [0.4, 0.5) is 5.82 Å². The lowest BCUT2D eigenvalue weighted by Gasteiger charge is -2.08. The second kappa shape index (κ2) is 6.02. The Morgan fingerprint density at radius 3 is 2.78 bits per heavy atom. The Labute approximate surface area is 144 Å². The van der Waals surface area contributed by atoms with Gasteiger partial charge in [-0.3, -0.25) is 0 Å².